The van der Waals surface area contributed by atoms with Crippen molar-refractivity contribution in [2.24, 2.45) is 4.99 Å². The standard InChI is InChI=1S/C14H17ClN4O2.HI/c1-16-14(19-10-12-3-2-7-20-12)17-6-8-21-13-5-4-11(15)9-18-13;/h2-5,7,9H,6,8,10H2,1H3,(H2,16,17,19);1H. The van der Waals surface area contributed by atoms with Gasteiger partial charge in [0.15, 0.2) is 5.96 Å². The maximum absolute atomic E-state index is 5.75. The molecule has 0 aliphatic heterocycles. The first-order chi connectivity index (χ1) is 10.3. The summed E-state index contributed by atoms with van der Waals surface area (Å²) in [6.45, 7) is 1.64. The SMILES string of the molecule is CN=C(NCCOc1ccc(Cl)cn1)NCc1ccco1.I. The van der Waals surface area contributed by atoms with Crippen molar-refractivity contribution < 1.29 is 9.15 Å². The van der Waals surface area contributed by atoms with Crippen LogP contribution in [0.25, 0.3) is 0 Å². The zero-order chi connectivity index (χ0) is 14.9. The van der Waals surface area contributed by atoms with E-state index in [1.807, 2.05) is 12.1 Å². The molecule has 0 saturated heterocycles. The van der Waals surface area contributed by atoms with Gasteiger partial charge >= 0.3 is 0 Å². The minimum Gasteiger partial charge on any atom is -0.476 e. The summed E-state index contributed by atoms with van der Waals surface area (Å²) in [5.41, 5.74) is 0. The molecule has 0 aromatic carbocycles. The van der Waals surface area contributed by atoms with E-state index in [1.54, 1.807) is 31.6 Å². The summed E-state index contributed by atoms with van der Waals surface area (Å²) in [5.74, 6) is 2.07. The van der Waals surface area contributed by atoms with Crippen LogP contribution in [-0.4, -0.2) is 31.1 Å². The largest absolute Gasteiger partial charge is 0.476 e. The average Bonchev–Trinajstić information content (AvgIpc) is 3.02. The number of hydrogen-bond acceptors (Lipinski definition) is 4. The lowest BCUT2D eigenvalue weighted by molar-refractivity contribution is 0.309. The van der Waals surface area contributed by atoms with E-state index in [9.17, 15) is 0 Å². The van der Waals surface area contributed by atoms with E-state index in [1.165, 1.54) is 0 Å². The van der Waals surface area contributed by atoms with E-state index in [4.69, 9.17) is 20.8 Å². The molecule has 2 aromatic rings. The minimum atomic E-state index is 0. The van der Waals surface area contributed by atoms with Gasteiger partial charge in [-0.1, -0.05) is 11.6 Å². The summed E-state index contributed by atoms with van der Waals surface area (Å²) in [4.78, 5) is 8.15. The van der Waals surface area contributed by atoms with Gasteiger partial charge in [-0.05, 0) is 18.2 Å². The fourth-order valence-corrected chi connectivity index (χ4v) is 1.69. The highest BCUT2D eigenvalue weighted by Gasteiger charge is 2.00. The number of ether oxygens (including phenoxy) is 1. The number of guanidine groups is 1. The zero-order valence-corrected chi connectivity index (χ0v) is 15.2. The van der Waals surface area contributed by atoms with E-state index in [2.05, 4.69) is 20.6 Å². The second-order valence-electron chi connectivity index (χ2n) is 4.10. The maximum atomic E-state index is 5.75. The molecule has 0 radical (unpaired) electrons. The number of furan rings is 1. The van der Waals surface area contributed by atoms with Crippen molar-refractivity contribution in [3.05, 3.63) is 47.5 Å². The molecule has 0 aliphatic rings. The molecule has 0 bridgehead atoms. The predicted molar refractivity (Wildman–Crippen MR) is 97.1 cm³/mol. The highest BCUT2D eigenvalue weighted by atomic mass is 127. The van der Waals surface area contributed by atoms with Crippen LogP contribution in [0.5, 0.6) is 5.88 Å². The van der Waals surface area contributed by atoms with E-state index in [0.717, 1.165) is 5.76 Å². The fraction of sp³-hybridized carbons (Fsp3) is 0.286. The molecule has 0 fully saturated rings. The van der Waals surface area contributed by atoms with Crippen LogP contribution >= 0.6 is 35.6 Å². The molecule has 0 atom stereocenters. The van der Waals surface area contributed by atoms with Gasteiger partial charge in [-0.25, -0.2) is 4.98 Å². The Balaban J connectivity index is 0.00000242. The third kappa shape index (κ3) is 6.52. The van der Waals surface area contributed by atoms with Crippen LogP contribution in [0.15, 0.2) is 46.1 Å². The third-order valence-corrected chi connectivity index (χ3v) is 2.80. The third-order valence-electron chi connectivity index (χ3n) is 2.58. The summed E-state index contributed by atoms with van der Waals surface area (Å²) < 4.78 is 10.7. The molecule has 2 heterocycles. The van der Waals surface area contributed by atoms with Crippen LogP contribution in [0.3, 0.4) is 0 Å². The van der Waals surface area contributed by atoms with Gasteiger partial charge in [0.25, 0.3) is 0 Å². The van der Waals surface area contributed by atoms with Gasteiger partial charge in [-0.3, -0.25) is 4.99 Å². The highest BCUT2D eigenvalue weighted by Crippen LogP contribution is 2.10. The monoisotopic (exact) mass is 436 g/mol. The normalized spacial score (nSPS) is 10.7. The fourth-order valence-electron chi connectivity index (χ4n) is 1.58. The minimum absolute atomic E-state index is 0. The van der Waals surface area contributed by atoms with Crippen molar-refractivity contribution in [1.82, 2.24) is 15.6 Å². The number of rotatable bonds is 6. The molecule has 8 heteroatoms. The molecule has 120 valence electrons. The Morgan fingerprint density at radius 2 is 2.23 bits per heavy atom. The molecular weight excluding hydrogens is 419 g/mol. The molecule has 0 amide bonds. The first-order valence-electron chi connectivity index (χ1n) is 6.49. The molecule has 0 saturated carbocycles. The Bertz CT molecular complexity index is 561. The lowest BCUT2D eigenvalue weighted by atomic mass is 10.4. The van der Waals surface area contributed by atoms with Crippen LogP contribution in [-0.2, 0) is 6.54 Å². The second-order valence-corrected chi connectivity index (χ2v) is 4.53. The smallest absolute Gasteiger partial charge is 0.213 e. The van der Waals surface area contributed by atoms with E-state index in [0.29, 0.717) is 36.6 Å². The van der Waals surface area contributed by atoms with Crippen LogP contribution < -0.4 is 15.4 Å². The van der Waals surface area contributed by atoms with Crippen molar-refractivity contribution in [3.8, 4) is 5.88 Å². The Morgan fingerprint density at radius 3 is 2.86 bits per heavy atom. The van der Waals surface area contributed by atoms with Crippen LogP contribution in [0.2, 0.25) is 5.02 Å². The Labute approximate surface area is 151 Å². The molecule has 6 nitrogen and oxygen atoms in total. The number of aliphatic imine (C=N–C) groups is 1. The molecule has 22 heavy (non-hydrogen) atoms. The van der Waals surface area contributed by atoms with Gasteiger partial charge < -0.3 is 19.8 Å². The van der Waals surface area contributed by atoms with Crippen LogP contribution in [0.1, 0.15) is 5.76 Å². The molecule has 0 spiro atoms. The van der Waals surface area contributed by atoms with E-state index >= 15 is 0 Å². The lowest BCUT2D eigenvalue weighted by Gasteiger charge is -2.11. The Kier molecular flexibility index (Phi) is 8.68. The van der Waals surface area contributed by atoms with Gasteiger partial charge in [0, 0.05) is 19.3 Å². The lowest BCUT2D eigenvalue weighted by Crippen LogP contribution is -2.38. The number of nitrogens with one attached hydrogen (secondary N) is 2. The number of pyridine rings is 1. The summed E-state index contributed by atoms with van der Waals surface area (Å²) in [7, 11) is 1.71. The highest BCUT2D eigenvalue weighted by molar-refractivity contribution is 14.0. The Hall–Kier alpha value is -1.48. The molecular formula is C14H18ClIN4O2. The average molecular weight is 437 g/mol. The van der Waals surface area contributed by atoms with Gasteiger partial charge in [0.1, 0.15) is 12.4 Å². The first kappa shape index (κ1) is 18.6. The van der Waals surface area contributed by atoms with Crippen LogP contribution in [0, 0.1) is 0 Å². The van der Waals surface area contributed by atoms with E-state index in [-0.39, 0.29) is 24.0 Å². The van der Waals surface area contributed by atoms with Crippen molar-refractivity contribution in [3.63, 3.8) is 0 Å². The number of nitrogens with zero attached hydrogens (tertiary/aromatic N) is 2. The molecule has 2 aromatic heterocycles. The summed E-state index contributed by atoms with van der Waals surface area (Å²) in [6, 6.07) is 7.21. The van der Waals surface area contributed by atoms with Crippen molar-refractivity contribution >= 4 is 41.5 Å². The van der Waals surface area contributed by atoms with Crippen molar-refractivity contribution in [2.75, 3.05) is 20.2 Å². The van der Waals surface area contributed by atoms with Crippen LogP contribution in [0.4, 0.5) is 0 Å². The summed E-state index contributed by atoms with van der Waals surface area (Å²) in [5, 5.41) is 6.85. The quantitative estimate of drug-likeness (QED) is 0.315. The maximum Gasteiger partial charge on any atom is 0.213 e. The van der Waals surface area contributed by atoms with Gasteiger partial charge in [0.05, 0.1) is 24.4 Å². The molecule has 2 N–H and O–H groups in total. The number of hydrogen-bond donors (Lipinski definition) is 2. The number of halogens is 2. The topological polar surface area (TPSA) is 71.7 Å². The zero-order valence-electron chi connectivity index (χ0n) is 12.1. The van der Waals surface area contributed by atoms with Gasteiger partial charge in [-0.15, -0.1) is 24.0 Å². The van der Waals surface area contributed by atoms with Gasteiger partial charge in [-0.2, -0.15) is 0 Å². The van der Waals surface area contributed by atoms with Gasteiger partial charge in [0.2, 0.25) is 5.88 Å². The Morgan fingerprint density at radius 1 is 1.36 bits per heavy atom. The summed E-state index contributed by atoms with van der Waals surface area (Å²) >= 11 is 5.75. The first-order valence-corrected chi connectivity index (χ1v) is 6.87. The van der Waals surface area contributed by atoms with Crippen molar-refractivity contribution in [1.29, 1.82) is 0 Å². The molecule has 0 aliphatic carbocycles. The predicted octanol–water partition coefficient (Wildman–Crippen LogP) is 2.69. The van der Waals surface area contributed by atoms with Crippen molar-refractivity contribution in [2.45, 2.75) is 6.54 Å². The molecule has 0 unspecified atom stereocenters. The van der Waals surface area contributed by atoms with E-state index < -0.39 is 0 Å². The number of aromatic nitrogens is 1. The molecule has 2 rings (SSSR count). The second kappa shape index (κ2) is 10.3. The summed E-state index contributed by atoms with van der Waals surface area (Å²) in [6.07, 6.45) is 3.19.